The van der Waals surface area contributed by atoms with E-state index in [1.165, 1.54) is 0 Å². The first-order valence-electron chi connectivity index (χ1n) is 8.63. The van der Waals surface area contributed by atoms with Crippen LogP contribution in [0.2, 0.25) is 0 Å². The van der Waals surface area contributed by atoms with E-state index in [4.69, 9.17) is 0 Å². The Morgan fingerprint density at radius 1 is 0.926 bits per heavy atom. The second-order valence-corrected chi connectivity index (χ2v) is 6.29. The van der Waals surface area contributed by atoms with Crippen LogP contribution in [0.3, 0.4) is 0 Å². The van der Waals surface area contributed by atoms with Crippen LogP contribution in [0, 0.1) is 6.92 Å². The Bertz CT molecular complexity index is 1120. The normalized spacial score (nSPS) is 10.6. The Hall–Kier alpha value is -3.73. The molecule has 1 amide bonds. The predicted molar refractivity (Wildman–Crippen MR) is 108 cm³/mol. The summed E-state index contributed by atoms with van der Waals surface area (Å²) in [6, 6.07) is 19.3. The standard InChI is InChI=1S/C22H18N4O/c1-15-5-2-8-18(11-15)25-19-12-17(13-23-14-19)22(27)26-20-9-3-6-16-7-4-10-24-21(16)20/h2-14,25H,1H3,(H,26,27). The van der Waals surface area contributed by atoms with Gasteiger partial charge in [-0.15, -0.1) is 0 Å². The molecule has 132 valence electrons. The summed E-state index contributed by atoms with van der Waals surface area (Å²) in [5.74, 6) is -0.228. The maximum atomic E-state index is 12.7. The van der Waals surface area contributed by atoms with Crippen molar-refractivity contribution in [1.82, 2.24) is 9.97 Å². The SMILES string of the molecule is Cc1cccc(Nc2cncc(C(=O)Nc3cccc4cccnc34)c2)c1. The summed E-state index contributed by atoms with van der Waals surface area (Å²) >= 11 is 0. The Kier molecular flexibility index (Phi) is 4.49. The minimum Gasteiger partial charge on any atom is -0.354 e. The number of nitrogens with one attached hydrogen (secondary N) is 2. The van der Waals surface area contributed by atoms with Crippen LogP contribution in [0.5, 0.6) is 0 Å². The van der Waals surface area contributed by atoms with E-state index < -0.39 is 0 Å². The summed E-state index contributed by atoms with van der Waals surface area (Å²) in [6.45, 7) is 2.03. The average Bonchev–Trinajstić information content (AvgIpc) is 2.68. The molecule has 0 radical (unpaired) electrons. The smallest absolute Gasteiger partial charge is 0.257 e. The topological polar surface area (TPSA) is 66.9 Å². The number of anilines is 3. The van der Waals surface area contributed by atoms with Crippen molar-refractivity contribution >= 4 is 33.9 Å². The fraction of sp³-hybridized carbons (Fsp3) is 0.0455. The third-order valence-electron chi connectivity index (χ3n) is 4.19. The first-order valence-corrected chi connectivity index (χ1v) is 8.63. The summed E-state index contributed by atoms with van der Waals surface area (Å²) < 4.78 is 0. The number of rotatable bonds is 4. The Morgan fingerprint density at radius 3 is 2.67 bits per heavy atom. The third-order valence-corrected chi connectivity index (χ3v) is 4.19. The molecule has 0 atom stereocenters. The first-order chi connectivity index (χ1) is 13.2. The van der Waals surface area contributed by atoms with Gasteiger partial charge in [0, 0.05) is 23.5 Å². The molecule has 0 bridgehead atoms. The van der Waals surface area contributed by atoms with Crippen molar-refractivity contribution in [3.8, 4) is 0 Å². The van der Waals surface area contributed by atoms with Gasteiger partial charge in [0.15, 0.2) is 0 Å². The number of aryl methyl sites for hydroxylation is 1. The lowest BCUT2D eigenvalue weighted by atomic mass is 10.1. The molecule has 2 N–H and O–H groups in total. The first kappa shape index (κ1) is 16.7. The van der Waals surface area contributed by atoms with Crippen LogP contribution in [0.25, 0.3) is 10.9 Å². The Morgan fingerprint density at radius 2 is 1.78 bits per heavy atom. The van der Waals surface area contributed by atoms with Crippen molar-refractivity contribution in [2.75, 3.05) is 10.6 Å². The second kappa shape index (κ2) is 7.25. The van der Waals surface area contributed by atoms with E-state index in [0.717, 1.165) is 27.8 Å². The number of hydrogen-bond donors (Lipinski definition) is 2. The highest BCUT2D eigenvalue weighted by Gasteiger charge is 2.10. The number of fused-ring (bicyclic) bond motifs is 1. The van der Waals surface area contributed by atoms with E-state index in [1.807, 2.05) is 61.5 Å². The number of carbonyl (C=O) groups is 1. The van der Waals surface area contributed by atoms with Crippen LogP contribution in [0.15, 0.2) is 79.3 Å². The average molecular weight is 354 g/mol. The van der Waals surface area contributed by atoms with Crippen LogP contribution >= 0.6 is 0 Å². The number of carbonyl (C=O) groups excluding carboxylic acids is 1. The molecule has 27 heavy (non-hydrogen) atoms. The van der Waals surface area contributed by atoms with E-state index in [1.54, 1.807) is 24.7 Å². The number of aromatic nitrogens is 2. The van der Waals surface area contributed by atoms with Gasteiger partial charge in [-0.05, 0) is 42.8 Å². The molecule has 0 aliphatic carbocycles. The lowest BCUT2D eigenvalue weighted by Gasteiger charge is -2.10. The Balaban J connectivity index is 1.57. The molecule has 5 nitrogen and oxygen atoms in total. The molecule has 0 saturated carbocycles. The van der Waals surface area contributed by atoms with Gasteiger partial charge in [-0.1, -0.05) is 30.3 Å². The van der Waals surface area contributed by atoms with Crippen LogP contribution in [-0.2, 0) is 0 Å². The van der Waals surface area contributed by atoms with Crippen molar-refractivity contribution in [2.24, 2.45) is 0 Å². The number of hydrogen-bond acceptors (Lipinski definition) is 4. The van der Waals surface area contributed by atoms with Gasteiger partial charge in [0.2, 0.25) is 0 Å². The van der Waals surface area contributed by atoms with Crippen molar-refractivity contribution in [1.29, 1.82) is 0 Å². The Labute approximate surface area is 157 Å². The minimum atomic E-state index is -0.228. The molecule has 2 heterocycles. The zero-order valence-electron chi connectivity index (χ0n) is 14.8. The molecule has 2 aromatic carbocycles. The van der Waals surface area contributed by atoms with Crippen molar-refractivity contribution in [3.63, 3.8) is 0 Å². The molecule has 0 saturated heterocycles. The van der Waals surface area contributed by atoms with Gasteiger partial charge in [0.25, 0.3) is 5.91 Å². The molecular formula is C22H18N4O. The summed E-state index contributed by atoms with van der Waals surface area (Å²) in [5.41, 5.74) is 4.77. The number of para-hydroxylation sites is 1. The lowest BCUT2D eigenvalue weighted by Crippen LogP contribution is -2.13. The summed E-state index contributed by atoms with van der Waals surface area (Å²) in [5, 5.41) is 7.19. The molecule has 2 aromatic heterocycles. The minimum absolute atomic E-state index is 0.228. The fourth-order valence-corrected chi connectivity index (χ4v) is 2.92. The van der Waals surface area contributed by atoms with Crippen LogP contribution in [0.4, 0.5) is 17.1 Å². The van der Waals surface area contributed by atoms with E-state index >= 15 is 0 Å². The van der Waals surface area contributed by atoms with Crippen LogP contribution in [-0.4, -0.2) is 15.9 Å². The fourth-order valence-electron chi connectivity index (χ4n) is 2.92. The molecule has 0 aliphatic heterocycles. The van der Waals surface area contributed by atoms with Gasteiger partial charge in [-0.25, -0.2) is 0 Å². The van der Waals surface area contributed by atoms with Gasteiger partial charge < -0.3 is 10.6 Å². The maximum Gasteiger partial charge on any atom is 0.257 e. The third kappa shape index (κ3) is 3.77. The van der Waals surface area contributed by atoms with E-state index in [2.05, 4.69) is 20.6 Å². The summed E-state index contributed by atoms with van der Waals surface area (Å²) in [6.07, 6.45) is 4.96. The number of benzene rings is 2. The van der Waals surface area contributed by atoms with E-state index in [9.17, 15) is 4.79 Å². The van der Waals surface area contributed by atoms with Crippen molar-refractivity contribution < 1.29 is 4.79 Å². The molecule has 4 aromatic rings. The summed E-state index contributed by atoms with van der Waals surface area (Å²) in [7, 11) is 0. The van der Waals surface area contributed by atoms with Gasteiger partial charge in [-0.2, -0.15) is 0 Å². The van der Waals surface area contributed by atoms with Gasteiger partial charge >= 0.3 is 0 Å². The molecular weight excluding hydrogens is 336 g/mol. The molecule has 0 spiro atoms. The monoisotopic (exact) mass is 354 g/mol. The zero-order chi connectivity index (χ0) is 18.6. The molecule has 0 unspecified atom stereocenters. The maximum absolute atomic E-state index is 12.7. The summed E-state index contributed by atoms with van der Waals surface area (Å²) in [4.78, 5) is 21.3. The number of pyridine rings is 2. The van der Waals surface area contributed by atoms with Crippen LogP contribution < -0.4 is 10.6 Å². The number of amides is 1. The molecule has 0 aliphatic rings. The van der Waals surface area contributed by atoms with Crippen molar-refractivity contribution in [2.45, 2.75) is 6.92 Å². The van der Waals surface area contributed by atoms with Gasteiger partial charge in [0.1, 0.15) is 0 Å². The highest BCUT2D eigenvalue weighted by molar-refractivity contribution is 6.08. The highest BCUT2D eigenvalue weighted by atomic mass is 16.1. The van der Waals surface area contributed by atoms with Crippen molar-refractivity contribution in [3.05, 3.63) is 90.4 Å². The second-order valence-electron chi connectivity index (χ2n) is 6.29. The quantitative estimate of drug-likeness (QED) is 0.545. The lowest BCUT2D eigenvalue weighted by molar-refractivity contribution is 0.102. The predicted octanol–water partition coefficient (Wildman–Crippen LogP) is 4.93. The molecule has 4 rings (SSSR count). The zero-order valence-corrected chi connectivity index (χ0v) is 14.8. The number of nitrogens with zero attached hydrogens (tertiary/aromatic N) is 2. The van der Waals surface area contributed by atoms with Crippen LogP contribution in [0.1, 0.15) is 15.9 Å². The highest BCUT2D eigenvalue weighted by Crippen LogP contribution is 2.22. The molecule has 5 heteroatoms. The van der Waals surface area contributed by atoms with Gasteiger partial charge in [-0.3, -0.25) is 14.8 Å². The molecule has 0 fully saturated rings. The van der Waals surface area contributed by atoms with E-state index in [0.29, 0.717) is 11.3 Å². The van der Waals surface area contributed by atoms with E-state index in [-0.39, 0.29) is 5.91 Å². The van der Waals surface area contributed by atoms with Gasteiger partial charge in [0.05, 0.1) is 28.7 Å². The largest absolute Gasteiger partial charge is 0.354 e.